The molecule has 52 heavy (non-hydrogen) atoms. The van der Waals surface area contributed by atoms with Gasteiger partial charge in [-0.25, -0.2) is 0 Å². The van der Waals surface area contributed by atoms with Crippen molar-refractivity contribution in [2.75, 3.05) is 26.9 Å². The molecule has 3 amide bonds. The van der Waals surface area contributed by atoms with E-state index in [1.165, 1.54) is 12.0 Å². The SMILES string of the molecule is C=CCCC(=O)N[C@H](COC)[C@H](OC(=O)[C@@H]1[C@H]2C(=O)N([C@@H](CO)Cc3ccccc3)[C@H](C(=O)N(CC=C)C(C)(C)C)[C@]23CC[C@H]1O3)c1ccccc1. The van der Waals surface area contributed by atoms with Crippen molar-refractivity contribution >= 4 is 23.7 Å². The third-order valence-electron chi connectivity index (χ3n) is 10.6. The average molecular weight is 716 g/mol. The van der Waals surface area contributed by atoms with E-state index in [4.69, 9.17) is 14.2 Å². The molecular formula is C41H53N3O8. The fourth-order valence-corrected chi connectivity index (χ4v) is 8.27. The summed E-state index contributed by atoms with van der Waals surface area (Å²) in [5, 5.41) is 13.8. The van der Waals surface area contributed by atoms with Crippen LogP contribution < -0.4 is 5.32 Å². The molecule has 1 spiro atoms. The highest BCUT2D eigenvalue weighted by atomic mass is 16.6. The number of amides is 3. The Kier molecular flexibility index (Phi) is 12.4. The molecule has 0 aliphatic carbocycles. The Morgan fingerprint density at radius 1 is 1.10 bits per heavy atom. The van der Waals surface area contributed by atoms with E-state index in [2.05, 4.69) is 18.5 Å². The van der Waals surface area contributed by atoms with Crippen LogP contribution in [0.5, 0.6) is 0 Å². The van der Waals surface area contributed by atoms with Gasteiger partial charge in [-0.2, -0.15) is 0 Å². The lowest BCUT2D eigenvalue weighted by molar-refractivity contribution is -0.163. The molecule has 11 heteroatoms. The molecule has 2 aromatic carbocycles. The summed E-state index contributed by atoms with van der Waals surface area (Å²) in [7, 11) is 1.50. The number of nitrogens with zero attached hydrogens (tertiary/aromatic N) is 2. The van der Waals surface area contributed by atoms with E-state index in [1.807, 2.05) is 81.4 Å². The highest BCUT2D eigenvalue weighted by Gasteiger charge is 2.76. The number of likely N-dealkylation sites (tertiary alicyclic amines) is 1. The fourth-order valence-electron chi connectivity index (χ4n) is 8.27. The van der Waals surface area contributed by atoms with Crippen LogP contribution in [0.4, 0.5) is 0 Å². The van der Waals surface area contributed by atoms with Gasteiger partial charge in [0, 0.05) is 25.6 Å². The van der Waals surface area contributed by atoms with E-state index in [0.29, 0.717) is 31.2 Å². The molecule has 8 atom stereocenters. The van der Waals surface area contributed by atoms with Gasteiger partial charge < -0.3 is 34.4 Å². The molecule has 0 saturated carbocycles. The molecule has 3 saturated heterocycles. The van der Waals surface area contributed by atoms with E-state index >= 15 is 0 Å². The van der Waals surface area contributed by atoms with E-state index in [0.717, 1.165) is 5.56 Å². The number of rotatable bonds is 17. The number of carbonyl (C=O) groups excluding carboxylic acids is 4. The number of esters is 1. The van der Waals surface area contributed by atoms with Gasteiger partial charge in [0.05, 0.1) is 43.2 Å². The van der Waals surface area contributed by atoms with E-state index in [9.17, 15) is 24.3 Å². The van der Waals surface area contributed by atoms with Crippen molar-refractivity contribution in [2.45, 2.75) is 94.3 Å². The maximum Gasteiger partial charge on any atom is 0.313 e. The lowest BCUT2D eigenvalue weighted by atomic mass is 9.70. The van der Waals surface area contributed by atoms with Crippen molar-refractivity contribution in [3.8, 4) is 0 Å². The third-order valence-corrected chi connectivity index (χ3v) is 10.6. The Hall–Kier alpha value is -4.32. The first-order valence-electron chi connectivity index (χ1n) is 18.1. The Morgan fingerprint density at radius 2 is 1.77 bits per heavy atom. The van der Waals surface area contributed by atoms with E-state index in [1.54, 1.807) is 17.1 Å². The number of fused-ring (bicyclic) bond motifs is 1. The Bertz CT molecular complexity index is 1590. The molecule has 3 fully saturated rings. The molecule has 0 radical (unpaired) electrons. The predicted molar refractivity (Wildman–Crippen MR) is 196 cm³/mol. The molecule has 2 aromatic rings. The fraction of sp³-hybridized carbons (Fsp3) is 0.512. The van der Waals surface area contributed by atoms with Crippen molar-refractivity contribution < 1.29 is 38.5 Å². The summed E-state index contributed by atoms with van der Waals surface area (Å²) < 4.78 is 18.5. The second-order valence-corrected chi connectivity index (χ2v) is 15.0. The van der Waals surface area contributed by atoms with Gasteiger partial charge in [-0.1, -0.05) is 72.8 Å². The highest BCUT2D eigenvalue weighted by molar-refractivity contribution is 5.98. The Labute approximate surface area is 307 Å². The second-order valence-electron chi connectivity index (χ2n) is 15.0. The van der Waals surface area contributed by atoms with Crippen LogP contribution in [-0.2, 0) is 39.8 Å². The van der Waals surface area contributed by atoms with Gasteiger partial charge in [-0.15, -0.1) is 13.2 Å². The summed E-state index contributed by atoms with van der Waals surface area (Å²) in [5.41, 5.74) is -0.418. The minimum absolute atomic E-state index is 0.0531. The zero-order chi connectivity index (χ0) is 37.6. The summed E-state index contributed by atoms with van der Waals surface area (Å²) in [6.45, 7) is 13.2. The number of hydrogen-bond donors (Lipinski definition) is 2. The smallest absolute Gasteiger partial charge is 0.313 e. The van der Waals surface area contributed by atoms with Gasteiger partial charge in [-0.05, 0) is 57.6 Å². The molecule has 2 N–H and O–H groups in total. The number of benzene rings is 2. The number of aliphatic hydroxyl groups is 1. The molecule has 2 bridgehead atoms. The van der Waals surface area contributed by atoms with Crippen LogP contribution in [0.3, 0.4) is 0 Å². The van der Waals surface area contributed by atoms with Crippen molar-refractivity contribution in [2.24, 2.45) is 11.8 Å². The van der Waals surface area contributed by atoms with Crippen molar-refractivity contribution in [1.29, 1.82) is 0 Å². The van der Waals surface area contributed by atoms with Crippen LogP contribution in [-0.4, -0.2) is 101 Å². The molecule has 0 aromatic heterocycles. The summed E-state index contributed by atoms with van der Waals surface area (Å²) in [5.74, 6) is -3.70. The minimum atomic E-state index is -1.32. The lowest BCUT2D eigenvalue weighted by Crippen LogP contribution is -2.61. The Morgan fingerprint density at radius 3 is 2.37 bits per heavy atom. The quantitative estimate of drug-likeness (QED) is 0.184. The first-order chi connectivity index (χ1) is 24.9. The molecule has 280 valence electrons. The molecule has 3 aliphatic heterocycles. The predicted octanol–water partition coefficient (Wildman–Crippen LogP) is 4.16. The Balaban J connectivity index is 1.54. The van der Waals surface area contributed by atoms with Gasteiger partial charge in [0.15, 0.2) is 0 Å². The summed E-state index contributed by atoms with van der Waals surface area (Å²) in [6.07, 6.45) is 3.49. The molecule has 3 heterocycles. The first-order valence-corrected chi connectivity index (χ1v) is 18.1. The lowest BCUT2D eigenvalue weighted by Gasteiger charge is -2.43. The molecule has 0 unspecified atom stereocenters. The molecule has 5 rings (SSSR count). The van der Waals surface area contributed by atoms with Crippen LogP contribution in [0, 0.1) is 11.8 Å². The van der Waals surface area contributed by atoms with Crippen LogP contribution in [0.2, 0.25) is 0 Å². The van der Waals surface area contributed by atoms with Crippen molar-refractivity contribution in [1.82, 2.24) is 15.1 Å². The second kappa shape index (κ2) is 16.6. The normalized spacial score (nSPS) is 25.2. The van der Waals surface area contributed by atoms with Crippen LogP contribution >= 0.6 is 0 Å². The topological polar surface area (TPSA) is 135 Å². The maximum atomic E-state index is 14.9. The number of hydrogen-bond acceptors (Lipinski definition) is 8. The molecule has 11 nitrogen and oxygen atoms in total. The van der Waals surface area contributed by atoms with Crippen molar-refractivity contribution in [3.63, 3.8) is 0 Å². The van der Waals surface area contributed by atoms with Crippen LogP contribution in [0.1, 0.15) is 63.7 Å². The minimum Gasteiger partial charge on any atom is -0.455 e. The monoisotopic (exact) mass is 715 g/mol. The van der Waals surface area contributed by atoms with Gasteiger partial charge in [0.25, 0.3) is 0 Å². The number of aliphatic hydroxyl groups excluding tert-OH is 1. The number of methoxy groups -OCH3 is 1. The number of ether oxygens (including phenoxy) is 3. The average Bonchev–Trinajstić information content (AvgIpc) is 3.78. The maximum absolute atomic E-state index is 14.9. The van der Waals surface area contributed by atoms with Gasteiger partial charge in [0.2, 0.25) is 17.7 Å². The summed E-state index contributed by atoms with van der Waals surface area (Å²) >= 11 is 0. The van der Waals surface area contributed by atoms with Gasteiger partial charge in [0.1, 0.15) is 17.7 Å². The molecule has 3 aliphatic rings. The summed E-state index contributed by atoms with van der Waals surface area (Å²) in [6, 6.07) is 16.0. The molecular weight excluding hydrogens is 662 g/mol. The van der Waals surface area contributed by atoms with Crippen molar-refractivity contribution in [3.05, 3.63) is 97.1 Å². The number of nitrogens with one attached hydrogen (secondary N) is 1. The van der Waals surface area contributed by atoms with Gasteiger partial charge in [-0.3, -0.25) is 19.2 Å². The van der Waals surface area contributed by atoms with Crippen LogP contribution in [0.15, 0.2) is 86.0 Å². The number of carbonyl (C=O) groups is 4. The largest absolute Gasteiger partial charge is 0.455 e. The summed E-state index contributed by atoms with van der Waals surface area (Å²) in [4.78, 5) is 60.4. The van der Waals surface area contributed by atoms with E-state index < -0.39 is 71.8 Å². The standard InChI is InChI=1S/C41H53N3O8/c1-7-9-20-32(46)42-30(26-50-6)35(28-18-14-11-15-19-28)51-39(49)33-31-21-22-41(52-31)34(33)37(47)44(29(25-45)24-27-16-12-10-13-17-27)36(41)38(48)43(23-8-2)40(3,4)5/h7-8,10-19,29-31,33-36,45H,1-2,9,20-26H2,3-6H3,(H,42,46)/t29-,30-,31-,33+,34+,35-,36-,41+/m1/s1. The first kappa shape index (κ1) is 38.9. The van der Waals surface area contributed by atoms with E-state index in [-0.39, 0.29) is 31.4 Å². The van der Waals surface area contributed by atoms with Crippen LogP contribution in [0.25, 0.3) is 0 Å². The zero-order valence-corrected chi connectivity index (χ0v) is 30.7. The number of allylic oxidation sites excluding steroid dienone is 1. The highest BCUT2D eigenvalue weighted by Crippen LogP contribution is 2.59. The van der Waals surface area contributed by atoms with Gasteiger partial charge >= 0.3 is 5.97 Å². The third kappa shape index (κ3) is 7.72. The zero-order valence-electron chi connectivity index (χ0n) is 30.7.